The number of rotatable bonds is 3. The average molecular weight is 358 g/mol. The van der Waals surface area contributed by atoms with Gasteiger partial charge in [0, 0.05) is 21.3 Å². The lowest BCUT2D eigenvalue weighted by Gasteiger charge is -2.01. The van der Waals surface area contributed by atoms with Gasteiger partial charge in [-0.1, -0.05) is 64.0 Å². The molecule has 1 nitrogen and oxygen atoms in total. The lowest BCUT2D eigenvalue weighted by molar-refractivity contribution is 1.13. The summed E-state index contributed by atoms with van der Waals surface area (Å²) in [5.41, 5.74) is 4.87. The minimum atomic E-state index is 0.899. The number of benzene rings is 2. The second kappa shape index (κ2) is 6.12. The Hall–Kier alpha value is -1.45. The molecule has 0 radical (unpaired) electrons. The highest BCUT2D eigenvalue weighted by Gasteiger charge is 2.12. The Morgan fingerprint density at radius 3 is 2.43 bits per heavy atom. The van der Waals surface area contributed by atoms with Crippen molar-refractivity contribution < 1.29 is 0 Å². The van der Waals surface area contributed by atoms with Crippen molar-refractivity contribution in [3.63, 3.8) is 0 Å². The van der Waals surface area contributed by atoms with E-state index >= 15 is 0 Å². The highest BCUT2D eigenvalue weighted by Crippen LogP contribution is 2.33. The maximum Gasteiger partial charge on any atom is 0.0979 e. The molecule has 0 fully saturated rings. The molecule has 1 heterocycles. The van der Waals surface area contributed by atoms with Crippen molar-refractivity contribution in [2.45, 2.75) is 20.3 Å². The number of hydrogen-bond donors (Lipinski definition) is 0. The molecule has 0 amide bonds. The van der Waals surface area contributed by atoms with Crippen molar-refractivity contribution in [3.05, 3.63) is 74.0 Å². The van der Waals surface area contributed by atoms with E-state index in [1.165, 1.54) is 26.6 Å². The first-order valence-corrected chi connectivity index (χ1v) is 8.51. The zero-order valence-corrected chi connectivity index (χ0v) is 14.5. The molecule has 3 aromatic rings. The van der Waals surface area contributed by atoms with Crippen LogP contribution in [-0.2, 0) is 6.42 Å². The smallest absolute Gasteiger partial charge is 0.0979 e. The van der Waals surface area contributed by atoms with Crippen LogP contribution >= 0.6 is 27.3 Å². The fourth-order valence-electron chi connectivity index (χ4n) is 2.31. The Morgan fingerprint density at radius 2 is 1.71 bits per heavy atom. The zero-order valence-electron chi connectivity index (χ0n) is 12.1. The number of nitrogens with zero attached hydrogens (tertiary/aromatic N) is 1. The molecular weight excluding hydrogens is 342 g/mol. The second-order valence-electron chi connectivity index (χ2n) is 5.15. The summed E-state index contributed by atoms with van der Waals surface area (Å²) in [6.45, 7) is 4.26. The van der Waals surface area contributed by atoms with Gasteiger partial charge in [-0.15, -0.1) is 11.3 Å². The van der Waals surface area contributed by atoms with Crippen molar-refractivity contribution >= 4 is 27.3 Å². The normalized spacial score (nSPS) is 10.8. The summed E-state index contributed by atoms with van der Waals surface area (Å²) in [4.78, 5) is 6.11. The molecule has 0 unspecified atom stereocenters. The van der Waals surface area contributed by atoms with Gasteiger partial charge in [-0.3, -0.25) is 0 Å². The number of halogens is 1. The third-order valence-corrected chi connectivity index (χ3v) is 5.11. The topological polar surface area (TPSA) is 12.9 Å². The fourth-order valence-corrected chi connectivity index (χ4v) is 3.76. The van der Waals surface area contributed by atoms with Gasteiger partial charge in [-0.05, 0) is 25.5 Å². The molecule has 0 saturated carbocycles. The maximum absolute atomic E-state index is 4.85. The van der Waals surface area contributed by atoms with Crippen molar-refractivity contribution in [1.29, 1.82) is 0 Å². The molecule has 0 aliphatic heterocycles. The first-order valence-electron chi connectivity index (χ1n) is 6.90. The molecule has 3 rings (SSSR count). The Morgan fingerprint density at radius 1 is 1.00 bits per heavy atom. The largest absolute Gasteiger partial charge is 0.241 e. The van der Waals surface area contributed by atoms with Gasteiger partial charge < -0.3 is 0 Å². The van der Waals surface area contributed by atoms with Crippen LogP contribution in [0.4, 0.5) is 0 Å². The third kappa shape index (κ3) is 3.25. The number of thiazole rings is 1. The highest BCUT2D eigenvalue weighted by molar-refractivity contribution is 9.10. The first-order chi connectivity index (χ1) is 10.1. The lowest BCUT2D eigenvalue weighted by atomic mass is 10.1. The molecule has 3 heteroatoms. The predicted molar refractivity (Wildman–Crippen MR) is 94.0 cm³/mol. The molecule has 0 saturated heterocycles. The van der Waals surface area contributed by atoms with Gasteiger partial charge in [-0.25, -0.2) is 4.98 Å². The molecule has 1 aromatic heterocycles. The summed E-state index contributed by atoms with van der Waals surface area (Å²) in [6.07, 6.45) is 0.899. The Labute approximate surface area is 137 Å². The van der Waals surface area contributed by atoms with E-state index in [1.54, 1.807) is 11.3 Å². The molecule has 2 aromatic carbocycles. The van der Waals surface area contributed by atoms with Gasteiger partial charge in [0.1, 0.15) is 0 Å². The number of aromatic nitrogens is 1. The van der Waals surface area contributed by atoms with Crippen molar-refractivity contribution in [2.24, 2.45) is 0 Å². The van der Waals surface area contributed by atoms with Gasteiger partial charge in [0.05, 0.1) is 10.7 Å². The number of hydrogen-bond acceptors (Lipinski definition) is 2. The fraction of sp³-hybridized carbons (Fsp3) is 0.167. The number of aryl methyl sites for hydroxylation is 2. The van der Waals surface area contributed by atoms with Gasteiger partial charge in [0.25, 0.3) is 0 Å². The van der Waals surface area contributed by atoms with E-state index in [4.69, 9.17) is 4.98 Å². The van der Waals surface area contributed by atoms with Gasteiger partial charge in [0.2, 0.25) is 0 Å². The van der Waals surface area contributed by atoms with Crippen LogP contribution in [-0.4, -0.2) is 4.98 Å². The van der Waals surface area contributed by atoms with E-state index in [9.17, 15) is 0 Å². The standard InChI is InChI=1S/C18H16BrNS/c1-12-7-9-14(10-8-12)11-17-20-18(13(2)21-17)15-5-3-4-6-16(15)19/h3-10H,11H2,1-2H3. The quantitative estimate of drug-likeness (QED) is 0.578. The molecule has 106 valence electrons. The minimum Gasteiger partial charge on any atom is -0.241 e. The van der Waals surface area contributed by atoms with E-state index in [0.717, 1.165) is 16.6 Å². The van der Waals surface area contributed by atoms with Crippen molar-refractivity contribution in [3.8, 4) is 11.3 Å². The third-order valence-electron chi connectivity index (χ3n) is 3.45. The van der Waals surface area contributed by atoms with Crippen LogP contribution < -0.4 is 0 Å². The Balaban J connectivity index is 1.91. The first kappa shape index (κ1) is 14.5. The molecule has 0 aliphatic rings. The van der Waals surface area contributed by atoms with Gasteiger partial charge in [0.15, 0.2) is 0 Å². The van der Waals surface area contributed by atoms with Crippen molar-refractivity contribution in [1.82, 2.24) is 4.98 Å². The SMILES string of the molecule is Cc1ccc(Cc2nc(-c3ccccc3Br)c(C)s2)cc1. The summed E-state index contributed by atoms with van der Waals surface area (Å²) in [5, 5.41) is 1.17. The van der Waals surface area contributed by atoms with E-state index in [2.05, 4.69) is 72.2 Å². The molecule has 0 spiro atoms. The summed E-state index contributed by atoms with van der Waals surface area (Å²) in [6, 6.07) is 16.9. The van der Waals surface area contributed by atoms with Crippen LogP contribution in [0, 0.1) is 13.8 Å². The van der Waals surface area contributed by atoms with Crippen molar-refractivity contribution in [2.75, 3.05) is 0 Å². The Bertz CT molecular complexity index is 759. The summed E-state index contributed by atoms with van der Waals surface area (Å²) in [5.74, 6) is 0. The molecule has 21 heavy (non-hydrogen) atoms. The average Bonchev–Trinajstić information content (AvgIpc) is 2.83. The molecule has 0 bridgehead atoms. The summed E-state index contributed by atoms with van der Waals surface area (Å²) >= 11 is 5.40. The monoisotopic (exact) mass is 357 g/mol. The van der Waals surface area contributed by atoms with E-state index in [-0.39, 0.29) is 0 Å². The summed E-state index contributed by atoms with van der Waals surface area (Å²) < 4.78 is 1.10. The second-order valence-corrected chi connectivity index (χ2v) is 7.30. The van der Waals surface area contributed by atoms with E-state index in [0.29, 0.717) is 0 Å². The maximum atomic E-state index is 4.85. The Kier molecular flexibility index (Phi) is 4.22. The van der Waals surface area contributed by atoms with Crippen LogP contribution in [0.3, 0.4) is 0 Å². The molecule has 0 N–H and O–H groups in total. The van der Waals surface area contributed by atoms with E-state index in [1.807, 2.05) is 6.07 Å². The lowest BCUT2D eigenvalue weighted by Crippen LogP contribution is -1.88. The minimum absolute atomic E-state index is 0.899. The predicted octanol–water partition coefficient (Wildman–Crippen LogP) is 5.78. The van der Waals surface area contributed by atoms with E-state index < -0.39 is 0 Å². The van der Waals surface area contributed by atoms with Gasteiger partial charge in [-0.2, -0.15) is 0 Å². The summed E-state index contributed by atoms with van der Waals surface area (Å²) in [7, 11) is 0. The highest BCUT2D eigenvalue weighted by atomic mass is 79.9. The molecular formula is C18H16BrNS. The van der Waals surface area contributed by atoms with Crippen LogP contribution in [0.15, 0.2) is 53.0 Å². The zero-order chi connectivity index (χ0) is 14.8. The van der Waals surface area contributed by atoms with Gasteiger partial charge >= 0.3 is 0 Å². The van der Waals surface area contributed by atoms with Crippen LogP contribution in [0.2, 0.25) is 0 Å². The van der Waals surface area contributed by atoms with Crippen LogP contribution in [0.5, 0.6) is 0 Å². The van der Waals surface area contributed by atoms with Crippen LogP contribution in [0.1, 0.15) is 21.0 Å². The molecule has 0 atom stereocenters. The van der Waals surface area contributed by atoms with Crippen LogP contribution in [0.25, 0.3) is 11.3 Å². The molecule has 0 aliphatic carbocycles.